The first kappa shape index (κ1) is 64.0. The number of hydrazine groups is 2. The first-order valence-corrected chi connectivity index (χ1v) is 25.9. The van der Waals surface area contributed by atoms with Crippen molar-refractivity contribution in [2.75, 3.05) is 19.1 Å². The van der Waals surface area contributed by atoms with Gasteiger partial charge in [0.1, 0.15) is 6.29 Å². The van der Waals surface area contributed by atoms with Crippen LogP contribution in [0.3, 0.4) is 0 Å². The average molecular weight is 1060 g/mol. The SMILES string of the molecule is CCO.CS(N)(=O)=O.Cc1cc(C)cc(C(=O)N(NC(=O)c2ccc(B(O)O)c(C=O)c2)C(C)(C)C)c1.Cc1cc(C)cc(C(=O)N(NC(=O)c2ccc3c(c2)C=NN(S(C)(=O)=O)B3O)C(C)(C)C)c1.NCl. The molecule has 392 valence electrons. The van der Waals surface area contributed by atoms with E-state index in [1.165, 1.54) is 52.6 Å². The van der Waals surface area contributed by atoms with E-state index in [0.29, 0.717) is 32.8 Å². The number of rotatable bonds is 7. The molecule has 0 atom stereocenters. The van der Waals surface area contributed by atoms with E-state index in [9.17, 15) is 55.9 Å². The standard InChI is InChI=1S/C22H27BN4O5S.C21H25BN2O5.C2H6O.CH5NO2S.ClH2N/c1-14-9-15(2)11-17(10-14)21(29)26(22(3,4)5)25-20(28)16-7-8-19-18(12-16)13-24-27(23(19)30)33(6,31)32;1-13-8-14(2)10-16(9-13)20(27)24(21(3,4)5)23-19(26)15-6-7-18(22(28)29)17(11-15)12-25;1-2-3;1-5(2,3)4;1-2/h7-13,30H,1-6H3,(H,25,28);6-12,28-29H,1-5H3,(H,23,26);3H,2H2,1H3;1H3,(H2,2,3,4);2H2. The number of carbonyl (C=O) groups excluding carboxylic acids is 5. The van der Waals surface area contributed by atoms with Crippen molar-refractivity contribution in [2.45, 2.75) is 87.2 Å². The zero-order valence-electron chi connectivity index (χ0n) is 42.5. The highest BCUT2D eigenvalue weighted by Crippen LogP contribution is 2.20. The van der Waals surface area contributed by atoms with Crippen LogP contribution in [-0.4, -0.2) is 132 Å². The third kappa shape index (κ3) is 19.9. The van der Waals surface area contributed by atoms with Gasteiger partial charge in [0.2, 0.25) is 20.0 Å². The van der Waals surface area contributed by atoms with Crippen LogP contribution in [0.4, 0.5) is 0 Å². The predicted octanol–water partition coefficient (Wildman–Crippen LogP) is 1.57. The van der Waals surface area contributed by atoms with Crippen LogP contribution in [-0.2, 0) is 20.0 Å². The van der Waals surface area contributed by atoms with Crippen molar-refractivity contribution in [1.82, 2.24) is 25.2 Å². The molecule has 4 aromatic rings. The van der Waals surface area contributed by atoms with Gasteiger partial charge >= 0.3 is 14.2 Å². The smallest absolute Gasteiger partial charge is 0.427 e. The van der Waals surface area contributed by atoms with Gasteiger partial charge in [-0.3, -0.25) is 34.8 Å². The maximum Gasteiger partial charge on any atom is 0.489 e. The number of amides is 4. The molecule has 4 aromatic carbocycles. The van der Waals surface area contributed by atoms with Gasteiger partial charge in [-0.1, -0.05) is 46.5 Å². The van der Waals surface area contributed by atoms with Crippen molar-refractivity contribution in [3.63, 3.8) is 0 Å². The van der Waals surface area contributed by atoms with Crippen LogP contribution >= 0.6 is 11.8 Å². The maximum atomic E-state index is 13.3. The lowest BCUT2D eigenvalue weighted by Crippen LogP contribution is -2.56. The zero-order valence-corrected chi connectivity index (χ0v) is 44.9. The van der Waals surface area contributed by atoms with Gasteiger partial charge < -0.3 is 20.2 Å². The number of aliphatic hydroxyl groups is 1. The number of fused-ring (bicyclic) bond motifs is 1. The summed E-state index contributed by atoms with van der Waals surface area (Å²) in [6.07, 6.45) is 3.58. The molecule has 1 heterocycles. The molecule has 0 unspecified atom stereocenters. The van der Waals surface area contributed by atoms with Crippen LogP contribution in [0.5, 0.6) is 0 Å². The second-order valence-electron chi connectivity index (χ2n) is 18.2. The summed E-state index contributed by atoms with van der Waals surface area (Å²) in [6, 6.07) is 19.3. The molecular formula is C46H65B2ClN8O13S2. The molecule has 0 fully saturated rings. The van der Waals surface area contributed by atoms with Gasteiger partial charge in [0, 0.05) is 34.4 Å². The Morgan fingerprint density at radius 1 is 0.722 bits per heavy atom. The first-order valence-electron chi connectivity index (χ1n) is 21.6. The van der Waals surface area contributed by atoms with E-state index < -0.39 is 57.1 Å². The van der Waals surface area contributed by atoms with Gasteiger partial charge in [0.25, 0.3) is 23.6 Å². The second kappa shape index (κ2) is 27.2. The summed E-state index contributed by atoms with van der Waals surface area (Å²) >= 11 is 4.14. The van der Waals surface area contributed by atoms with Crippen molar-refractivity contribution in [3.05, 3.63) is 128 Å². The van der Waals surface area contributed by atoms with Crippen LogP contribution < -0.4 is 32.2 Å². The molecule has 0 bridgehead atoms. The van der Waals surface area contributed by atoms with Gasteiger partial charge in [-0.15, -0.1) is 0 Å². The molecule has 0 saturated heterocycles. The van der Waals surface area contributed by atoms with Crippen molar-refractivity contribution < 1.29 is 61.0 Å². The Hall–Kier alpha value is -6.02. The Bertz CT molecular complexity index is 2790. The van der Waals surface area contributed by atoms with E-state index >= 15 is 0 Å². The first-order chi connectivity index (χ1) is 33.0. The fraction of sp³-hybridized carbons (Fsp3) is 0.348. The van der Waals surface area contributed by atoms with E-state index in [2.05, 4.69) is 38.1 Å². The van der Waals surface area contributed by atoms with Crippen LogP contribution in [0.2, 0.25) is 0 Å². The lowest BCUT2D eigenvalue weighted by molar-refractivity contribution is 0.0357. The molecule has 26 heteroatoms. The van der Waals surface area contributed by atoms with E-state index in [0.717, 1.165) is 34.8 Å². The summed E-state index contributed by atoms with van der Waals surface area (Å²) in [5, 5.41) is 51.2. The average Bonchev–Trinajstić information content (AvgIpc) is 3.25. The molecule has 0 radical (unpaired) electrons. The van der Waals surface area contributed by atoms with Gasteiger partial charge in [-0.2, -0.15) is 5.10 Å². The largest absolute Gasteiger partial charge is 0.489 e. The number of nitrogens with one attached hydrogen (secondary N) is 2. The van der Waals surface area contributed by atoms with Gasteiger partial charge in [-0.25, -0.2) is 41.6 Å². The van der Waals surface area contributed by atoms with Crippen LogP contribution in [0.25, 0.3) is 0 Å². The second-order valence-corrected chi connectivity index (χ2v) is 21.7. The third-order valence-corrected chi connectivity index (χ3v) is 10.3. The summed E-state index contributed by atoms with van der Waals surface area (Å²) in [6.45, 7) is 20.3. The summed E-state index contributed by atoms with van der Waals surface area (Å²) in [5.74, 6) is -1.84. The quantitative estimate of drug-likeness (QED) is 0.0564. The number of halogens is 1. The number of aldehydes is 1. The Balaban J connectivity index is 0.000000611. The lowest BCUT2D eigenvalue weighted by atomic mass is 9.71. The minimum absolute atomic E-state index is 0.00413. The number of aryl methyl sites for hydroxylation is 4. The molecule has 0 aliphatic carbocycles. The Morgan fingerprint density at radius 2 is 1.08 bits per heavy atom. The number of hydrogen-bond acceptors (Lipinski definition) is 15. The Kier molecular flexibility index (Phi) is 24.1. The number of benzene rings is 4. The molecule has 5 rings (SSSR count). The number of aliphatic hydroxyl groups excluding tert-OH is 1. The molecule has 10 N–H and O–H groups in total. The monoisotopic (exact) mass is 1060 g/mol. The van der Waals surface area contributed by atoms with E-state index in [4.69, 9.17) is 5.11 Å². The van der Waals surface area contributed by atoms with Crippen molar-refractivity contribution in [2.24, 2.45) is 15.5 Å². The number of hydrazone groups is 1. The van der Waals surface area contributed by atoms with Crippen molar-refractivity contribution in [1.29, 1.82) is 0 Å². The number of carbonyl (C=O) groups is 5. The number of primary sulfonamides is 1. The number of nitrogens with two attached hydrogens (primary N) is 2. The van der Waals surface area contributed by atoms with Crippen LogP contribution in [0, 0.1) is 27.7 Å². The van der Waals surface area contributed by atoms with Gasteiger partial charge in [0.15, 0.2) is 0 Å². The number of sulfonamides is 2. The van der Waals surface area contributed by atoms with E-state index in [-0.39, 0.29) is 40.6 Å². The van der Waals surface area contributed by atoms with E-state index in [1.807, 2.05) is 60.6 Å². The summed E-state index contributed by atoms with van der Waals surface area (Å²) < 4.78 is 43.0. The molecule has 0 saturated carbocycles. The Labute approximate surface area is 427 Å². The highest BCUT2D eigenvalue weighted by atomic mass is 35.5. The topological polar surface area (TPSA) is 333 Å². The number of hydrogen-bond donors (Lipinski definition) is 8. The van der Waals surface area contributed by atoms with Crippen LogP contribution in [0.15, 0.2) is 77.9 Å². The minimum Gasteiger partial charge on any atom is -0.427 e. The third-order valence-electron chi connectivity index (χ3n) is 9.35. The molecule has 1 aliphatic rings. The maximum absolute atomic E-state index is 13.3. The van der Waals surface area contributed by atoms with Crippen molar-refractivity contribution in [3.8, 4) is 0 Å². The Morgan fingerprint density at radius 3 is 1.42 bits per heavy atom. The number of nitrogens with zero attached hydrogens (tertiary/aromatic N) is 4. The summed E-state index contributed by atoms with van der Waals surface area (Å²) in [5.41, 5.74) is 9.53. The molecular weight excluding hydrogens is 994 g/mol. The highest BCUT2D eigenvalue weighted by Gasteiger charge is 2.36. The normalized spacial score (nSPS) is 11.8. The predicted molar refractivity (Wildman–Crippen MR) is 280 cm³/mol. The summed E-state index contributed by atoms with van der Waals surface area (Å²) in [4.78, 5) is 63.4. The van der Waals surface area contributed by atoms with Gasteiger partial charge in [-0.05, 0) is 153 Å². The molecule has 0 spiro atoms. The molecule has 21 nitrogen and oxygen atoms in total. The van der Waals surface area contributed by atoms with Gasteiger partial charge in [0.05, 0.1) is 29.8 Å². The molecule has 72 heavy (non-hydrogen) atoms. The van der Waals surface area contributed by atoms with E-state index in [1.54, 1.807) is 52.0 Å². The van der Waals surface area contributed by atoms with Crippen molar-refractivity contribution >= 4 is 93.0 Å². The molecule has 1 aliphatic heterocycles. The molecule has 0 aromatic heterocycles. The zero-order chi connectivity index (χ0) is 55.9. The molecule has 4 amide bonds. The fourth-order valence-corrected chi connectivity index (χ4v) is 7.21. The lowest BCUT2D eigenvalue weighted by Gasteiger charge is -2.35. The van der Waals surface area contributed by atoms with Crippen LogP contribution in [0.1, 0.15) is 128 Å². The minimum atomic E-state index is -3.76. The highest BCUT2D eigenvalue weighted by molar-refractivity contribution is 7.89. The summed E-state index contributed by atoms with van der Waals surface area (Å²) in [7, 11) is -10.2. The fourth-order valence-electron chi connectivity index (χ4n) is 6.52.